The lowest BCUT2D eigenvalue weighted by atomic mass is 10.2. The van der Waals surface area contributed by atoms with E-state index in [-0.39, 0.29) is 12.5 Å². The van der Waals surface area contributed by atoms with Crippen LogP contribution in [0.2, 0.25) is 0 Å². The first-order chi connectivity index (χ1) is 9.17. The van der Waals surface area contributed by atoms with Gasteiger partial charge in [-0.2, -0.15) is 0 Å². The van der Waals surface area contributed by atoms with E-state index in [1.807, 2.05) is 48.5 Å². The average Bonchev–Trinajstić information content (AvgIpc) is 2.41. The molecule has 3 nitrogen and oxygen atoms in total. The molecule has 0 saturated heterocycles. The number of aliphatic hydroxyl groups is 1. The Morgan fingerprint density at radius 2 is 1.58 bits per heavy atom. The van der Waals surface area contributed by atoms with E-state index in [1.54, 1.807) is 11.8 Å². The van der Waals surface area contributed by atoms with E-state index in [1.165, 1.54) is 6.92 Å². The van der Waals surface area contributed by atoms with E-state index < -0.39 is 0 Å². The standard InChI is InChI=1S/C15H15NO2S/c1-11(18)16-13-4-8-15(9-5-13)19-14-6-2-12(10-17)3-7-14/h2-9,17H,10H2,1H3,(H,16,18). The van der Waals surface area contributed by atoms with Gasteiger partial charge in [0.15, 0.2) is 0 Å². The van der Waals surface area contributed by atoms with Crippen molar-refractivity contribution in [2.24, 2.45) is 0 Å². The van der Waals surface area contributed by atoms with Crippen LogP contribution in [-0.2, 0) is 11.4 Å². The van der Waals surface area contributed by atoms with Crippen molar-refractivity contribution in [3.63, 3.8) is 0 Å². The zero-order chi connectivity index (χ0) is 13.7. The minimum Gasteiger partial charge on any atom is -0.392 e. The topological polar surface area (TPSA) is 49.3 Å². The van der Waals surface area contributed by atoms with Crippen molar-refractivity contribution in [1.82, 2.24) is 0 Å². The zero-order valence-electron chi connectivity index (χ0n) is 10.6. The summed E-state index contributed by atoms with van der Waals surface area (Å²) in [5.41, 5.74) is 1.71. The Labute approximate surface area is 116 Å². The number of amides is 1. The van der Waals surface area contributed by atoms with Crippen molar-refractivity contribution >= 4 is 23.4 Å². The second-order valence-electron chi connectivity index (χ2n) is 4.11. The molecule has 98 valence electrons. The first kappa shape index (κ1) is 13.6. The minimum atomic E-state index is -0.0694. The summed E-state index contributed by atoms with van der Waals surface area (Å²) in [6.07, 6.45) is 0. The largest absolute Gasteiger partial charge is 0.392 e. The Balaban J connectivity index is 2.04. The molecule has 0 bridgehead atoms. The lowest BCUT2D eigenvalue weighted by molar-refractivity contribution is -0.114. The van der Waals surface area contributed by atoms with Crippen molar-refractivity contribution in [1.29, 1.82) is 0 Å². The fourth-order valence-corrected chi connectivity index (χ4v) is 2.43. The molecule has 0 heterocycles. The summed E-state index contributed by atoms with van der Waals surface area (Å²) in [6, 6.07) is 15.5. The van der Waals surface area contributed by atoms with Gasteiger partial charge in [-0.3, -0.25) is 4.79 Å². The third kappa shape index (κ3) is 4.12. The van der Waals surface area contributed by atoms with Crippen LogP contribution in [0, 0.1) is 0 Å². The van der Waals surface area contributed by atoms with E-state index in [9.17, 15) is 4.79 Å². The van der Waals surface area contributed by atoms with Gasteiger partial charge in [0.25, 0.3) is 0 Å². The molecule has 2 N–H and O–H groups in total. The summed E-state index contributed by atoms with van der Waals surface area (Å²) in [5, 5.41) is 11.7. The number of carbonyl (C=O) groups excluding carboxylic acids is 1. The fraction of sp³-hybridized carbons (Fsp3) is 0.133. The van der Waals surface area contributed by atoms with Crippen LogP contribution in [-0.4, -0.2) is 11.0 Å². The molecule has 2 rings (SSSR count). The number of aliphatic hydroxyl groups excluding tert-OH is 1. The van der Waals surface area contributed by atoms with Gasteiger partial charge in [-0.25, -0.2) is 0 Å². The Morgan fingerprint density at radius 3 is 2.05 bits per heavy atom. The van der Waals surface area contributed by atoms with Gasteiger partial charge in [-0.05, 0) is 42.0 Å². The molecule has 0 aliphatic carbocycles. The highest BCUT2D eigenvalue weighted by atomic mass is 32.2. The first-order valence-corrected chi connectivity index (χ1v) is 6.74. The summed E-state index contributed by atoms with van der Waals surface area (Å²) in [7, 11) is 0. The molecule has 0 unspecified atom stereocenters. The molecule has 2 aromatic rings. The van der Waals surface area contributed by atoms with Crippen LogP contribution in [0.4, 0.5) is 5.69 Å². The highest BCUT2D eigenvalue weighted by Crippen LogP contribution is 2.28. The number of anilines is 1. The molecule has 0 saturated carbocycles. The third-order valence-electron chi connectivity index (χ3n) is 2.52. The van der Waals surface area contributed by atoms with Gasteiger partial charge >= 0.3 is 0 Å². The molecule has 0 spiro atoms. The Bertz CT molecular complexity index is 549. The lowest BCUT2D eigenvalue weighted by Crippen LogP contribution is -2.05. The van der Waals surface area contributed by atoms with E-state index in [4.69, 9.17) is 5.11 Å². The van der Waals surface area contributed by atoms with E-state index in [0.717, 1.165) is 21.0 Å². The maximum Gasteiger partial charge on any atom is 0.221 e. The van der Waals surface area contributed by atoms with E-state index in [2.05, 4.69) is 5.32 Å². The summed E-state index contributed by atoms with van der Waals surface area (Å²) in [5.74, 6) is -0.0694. The van der Waals surface area contributed by atoms with Crippen molar-refractivity contribution < 1.29 is 9.90 Å². The molecule has 0 fully saturated rings. The van der Waals surface area contributed by atoms with Gasteiger partial charge in [-0.15, -0.1) is 0 Å². The Morgan fingerprint density at radius 1 is 1.05 bits per heavy atom. The number of hydrogen-bond donors (Lipinski definition) is 2. The van der Waals surface area contributed by atoms with Crippen molar-refractivity contribution in [3.8, 4) is 0 Å². The second kappa shape index (κ2) is 6.41. The minimum absolute atomic E-state index is 0.0658. The third-order valence-corrected chi connectivity index (χ3v) is 3.53. The Hall–Kier alpha value is -1.78. The molecule has 0 aliphatic heterocycles. The summed E-state index contributed by atoms with van der Waals surface area (Å²) >= 11 is 1.64. The van der Waals surface area contributed by atoms with Crippen LogP contribution in [0.25, 0.3) is 0 Å². The number of rotatable bonds is 4. The van der Waals surface area contributed by atoms with Crippen molar-refractivity contribution in [3.05, 3.63) is 54.1 Å². The highest BCUT2D eigenvalue weighted by molar-refractivity contribution is 7.99. The number of hydrogen-bond acceptors (Lipinski definition) is 3. The number of benzene rings is 2. The van der Waals surface area contributed by atoms with Crippen molar-refractivity contribution in [2.75, 3.05) is 5.32 Å². The van der Waals surface area contributed by atoms with Crippen LogP contribution >= 0.6 is 11.8 Å². The fourth-order valence-electron chi connectivity index (χ4n) is 1.61. The monoisotopic (exact) mass is 273 g/mol. The maximum atomic E-state index is 10.9. The number of carbonyl (C=O) groups is 1. The molecule has 4 heteroatoms. The van der Waals surface area contributed by atoms with Gasteiger partial charge in [0.05, 0.1) is 6.61 Å². The molecule has 2 aromatic carbocycles. The molecular formula is C15H15NO2S. The molecule has 0 aromatic heterocycles. The van der Waals surface area contributed by atoms with Crippen LogP contribution in [0.3, 0.4) is 0 Å². The van der Waals surface area contributed by atoms with Gasteiger partial charge in [0.1, 0.15) is 0 Å². The molecule has 0 aliphatic rings. The first-order valence-electron chi connectivity index (χ1n) is 5.92. The second-order valence-corrected chi connectivity index (χ2v) is 5.26. The molecule has 0 radical (unpaired) electrons. The smallest absolute Gasteiger partial charge is 0.221 e. The Kier molecular flexibility index (Phi) is 4.60. The SMILES string of the molecule is CC(=O)Nc1ccc(Sc2ccc(CO)cc2)cc1. The summed E-state index contributed by atoms with van der Waals surface area (Å²) in [6.45, 7) is 1.56. The normalized spacial score (nSPS) is 10.2. The lowest BCUT2D eigenvalue weighted by Gasteiger charge is -2.05. The average molecular weight is 273 g/mol. The van der Waals surface area contributed by atoms with Gasteiger partial charge in [-0.1, -0.05) is 23.9 Å². The summed E-state index contributed by atoms with van der Waals surface area (Å²) in [4.78, 5) is 13.1. The van der Waals surface area contributed by atoms with Crippen LogP contribution in [0.5, 0.6) is 0 Å². The quantitative estimate of drug-likeness (QED) is 0.898. The number of nitrogens with one attached hydrogen (secondary N) is 1. The van der Waals surface area contributed by atoms with E-state index in [0.29, 0.717) is 0 Å². The highest BCUT2D eigenvalue weighted by Gasteiger charge is 1.99. The molecular weight excluding hydrogens is 258 g/mol. The van der Waals surface area contributed by atoms with Crippen LogP contribution < -0.4 is 5.32 Å². The maximum absolute atomic E-state index is 10.9. The predicted octanol–water partition coefficient (Wildman–Crippen LogP) is 3.29. The summed E-state index contributed by atoms with van der Waals surface area (Å²) < 4.78 is 0. The molecule has 1 amide bonds. The molecule has 19 heavy (non-hydrogen) atoms. The van der Waals surface area contributed by atoms with Crippen LogP contribution in [0.15, 0.2) is 58.3 Å². The van der Waals surface area contributed by atoms with Crippen molar-refractivity contribution in [2.45, 2.75) is 23.3 Å². The van der Waals surface area contributed by atoms with Gasteiger partial charge in [0, 0.05) is 22.4 Å². The van der Waals surface area contributed by atoms with Crippen LogP contribution in [0.1, 0.15) is 12.5 Å². The van der Waals surface area contributed by atoms with E-state index >= 15 is 0 Å². The predicted molar refractivity (Wildman–Crippen MR) is 77.2 cm³/mol. The zero-order valence-corrected chi connectivity index (χ0v) is 11.4. The van der Waals surface area contributed by atoms with Gasteiger partial charge < -0.3 is 10.4 Å². The van der Waals surface area contributed by atoms with Gasteiger partial charge in [0.2, 0.25) is 5.91 Å². The molecule has 0 atom stereocenters.